The van der Waals surface area contributed by atoms with E-state index in [1.165, 1.54) is 23.9 Å². The summed E-state index contributed by atoms with van der Waals surface area (Å²) >= 11 is 7.44. The van der Waals surface area contributed by atoms with Gasteiger partial charge in [0.2, 0.25) is 11.8 Å². The number of amides is 2. The van der Waals surface area contributed by atoms with Crippen molar-refractivity contribution in [1.82, 2.24) is 10.2 Å². The Morgan fingerprint density at radius 3 is 2.23 bits per heavy atom. The number of carbonyl (C=O) groups is 2. The molecular formula is C24H30ClFN2O2S. The fourth-order valence-corrected chi connectivity index (χ4v) is 4.06. The summed E-state index contributed by atoms with van der Waals surface area (Å²) in [5.74, 6) is 0.308. The van der Waals surface area contributed by atoms with Gasteiger partial charge in [-0.3, -0.25) is 9.59 Å². The molecule has 7 heteroatoms. The number of nitrogens with one attached hydrogen (secondary N) is 1. The molecule has 0 aliphatic carbocycles. The molecule has 0 spiro atoms. The van der Waals surface area contributed by atoms with Crippen molar-refractivity contribution in [2.24, 2.45) is 0 Å². The van der Waals surface area contributed by atoms with Crippen LogP contribution in [0.2, 0.25) is 5.02 Å². The van der Waals surface area contributed by atoms with Crippen molar-refractivity contribution in [2.75, 3.05) is 5.75 Å². The van der Waals surface area contributed by atoms with Crippen molar-refractivity contribution in [3.63, 3.8) is 0 Å². The van der Waals surface area contributed by atoms with Crippen molar-refractivity contribution in [3.8, 4) is 0 Å². The van der Waals surface area contributed by atoms with E-state index in [0.717, 1.165) is 17.5 Å². The van der Waals surface area contributed by atoms with Crippen LogP contribution >= 0.6 is 23.4 Å². The Kier molecular flexibility index (Phi) is 10.3. The molecule has 0 aromatic heterocycles. The first-order valence-electron chi connectivity index (χ1n) is 10.5. The van der Waals surface area contributed by atoms with Crippen molar-refractivity contribution in [2.45, 2.75) is 58.0 Å². The second-order valence-electron chi connectivity index (χ2n) is 7.51. The highest BCUT2D eigenvalue weighted by molar-refractivity contribution is 7.99. The predicted molar refractivity (Wildman–Crippen MR) is 127 cm³/mol. The summed E-state index contributed by atoms with van der Waals surface area (Å²) in [6.45, 7) is 6.21. The molecule has 0 unspecified atom stereocenters. The average Bonchev–Trinajstić information content (AvgIpc) is 2.76. The molecule has 0 aliphatic rings. The van der Waals surface area contributed by atoms with E-state index in [0.29, 0.717) is 23.7 Å². The molecule has 168 valence electrons. The van der Waals surface area contributed by atoms with Gasteiger partial charge in [0.1, 0.15) is 11.9 Å². The van der Waals surface area contributed by atoms with Gasteiger partial charge < -0.3 is 10.2 Å². The van der Waals surface area contributed by atoms with E-state index in [1.54, 1.807) is 29.2 Å². The van der Waals surface area contributed by atoms with Crippen molar-refractivity contribution in [1.29, 1.82) is 0 Å². The van der Waals surface area contributed by atoms with Gasteiger partial charge in [-0.1, -0.05) is 49.7 Å². The number of carbonyl (C=O) groups excluding carboxylic acids is 2. The van der Waals surface area contributed by atoms with Gasteiger partial charge in [-0.15, -0.1) is 11.8 Å². The van der Waals surface area contributed by atoms with Crippen LogP contribution in [0.4, 0.5) is 4.39 Å². The molecule has 4 nitrogen and oxygen atoms in total. The zero-order valence-electron chi connectivity index (χ0n) is 18.2. The molecule has 2 aromatic rings. The van der Waals surface area contributed by atoms with Gasteiger partial charge in [-0.2, -0.15) is 0 Å². The number of halogens is 2. The third-order valence-corrected chi connectivity index (χ3v) is 6.30. The van der Waals surface area contributed by atoms with Crippen LogP contribution in [0.3, 0.4) is 0 Å². The number of thioether (sulfide) groups is 1. The molecule has 0 aliphatic heterocycles. The second kappa shape index (κ2) is 12.7. The smallest absolute Gasteiger partial charge is 0.243 e. The summed E-state index contributed by atoms with van der Waals surface area (Å²) in [7, 11) is 0. The third-order valence-electron chi connectivity index (χ3n) is 5.06. The Morgan fingerprint density at radius 1 is 1.03 bits per heavy atom. The largest absolute Gasteiger partial charge is 0.352 e. The number of nitrogens with zero attached hydrogens (tertiary/aromatic N) is 1. The Hall–Kier alpha value is -2.05. The first-order valence-corrected chi connectivity index (χ1v) is 12.0. The highest BCUT2D eigenvalue weighted by Crippen LogP contribution is 2.19. The lowest BCUT2D eigenvalue weighted by Crippen LogP contribution is -2.51. The Balaban J connectivity index is 2.12. The van der Waals surface area contributed by atoms with Gasteiger partial charge in [-0.05, 0) is 55.2 Å². The first kappa shape index (κ1) is 25.2. The summed E-state index contributed by atoms with van der Waals surface area (Å²) in [5.41, 5.74) is 1.86. The molecule has 0 saturated carbocycles. The van der Waals surface area contributed by atoms with E-state index in [1.807, 2.05) is 32.9 Å². The lowest BCUT2D eigenvalue weighted by atomic mass is 10.1. The molecule has 2 rings (SSSR count). The van der Waals surface area contributed by atoms with Gasteiger partial charge >= 0.3 is 0 Å². The maximum atomic E-state index is 13.2. The van der Waals surface area contributed by atoms with Crippen LogP contribution < -0.4 is 5.32 Å². The van der Waals surface area contributed by atoms with Crippen molar-refractivity contribution in [3.05, 3.63) is 70.5 Å². The molecular weight excluding hydrogens is 435 g/mol. The van der Waals surface area contributed by atoms with E-state index in [-0.39, 0.29) is 29.4 Å². The lowest BCUT2D eigenvalue weighted by molar-refractivity contribution is -0.139. The Morgan fingerprint density at radius 2 is 1.65 bits per heavy atom. The molecule has 0 saturated heterocycles. The topological polar surface area (TPSA) is 49.4 Å². The van der Waals surface area contributed by atoms with Crippen LogP contribution in [0.25, 0.3) is 0 Å². The molecule has 1 N–H and O–H groups in total. The fraction of sp³-hybridized carbons (Fsp3) is 0.417. The quantitative estimate of drug-likeness (QED) is 0.482. The molecule has 0 radical (unpaired) electrons. The number of hydrogen-bond donors (Lipinski definition) is 1. The zero-order valence-corrected chi connectivity index (χ0v) is 19.8. The lowest BCUT2D eigenvalue weighted by Gasteiger charge is -2.31. The Bertz CT molecular complexity index is 846. The highest BCUT2D eigenvalue weighted by atomic mass is 35.5. The molecule has 2 aromatic carbocycles. The van der Waals surface area contributed by atoms with Crippen LogP contribution in [-0.4, -0.2) is 34.6 Å². The summed E-state index contributed by atoms with van der Waals surface area (Å²) < 4.78 is 13.1. The minimum atomic E-state index is -0.552. The van der Waals surface area contributed by atoms with Crippen LogP contribution in [0, 0.1) is 5.82 Å². The standard InChI is InChI=1S/C24H30ClFN2O2S/c1-4-17(3)27-24(30)22(5-2)28(14-18-6-10-20(25)11-7-18)23(29)16-31-15-19-8-12-21(26)13-9-19/h6-13,17,22H,4-5,14-16H2,1-3H3,(H,27,30)/t17-,22-/m1/s1. The van der Waals surface area contributed by atoms with Crippen LogP contribution in [-0.2, 0) is 21.9 Å². The van der Waals surface area contributed by atoms with Gasteiger partial charge in [0.25, 0.3) is 0 Å². The maximum Gasteiger partial charge on any atom is 0.243 e. The van der Waals surface area contributed by atoms with Gasteiger partial charge in [0.05, 0.1) is 5.75 Å². The van der Waals surface area contributed by atoms with E-state index in [9.17, 15) is 14.0 Å². The van der Waals surface area contributed by atoms with E-state index >= 15 is 0 Å². The predicted octanol–water partition coefficient (Wildman–Crippen LogP) is 5.43. The number of benzene rings is 2. The van der Waals surface area contributed by atoms with Crippen LogP contribution in [0.5, 0.6) is 0 Å². The van der Waals surface area contributed by atoms with Crippen LogP contribution in [0.15, 0.2) is 48.5 Å². The van der Waals surface area contributed by atoms with Crippen molar-refractivity contribution < 1.29 is 14.0 Å². The van der Waals surface area contributed by atoms with Crippen LogP contribution in [0.1, 0.15) is 44.7 Å². The van der Waals surface area contributed by atoms with Gasteiger partial charge in [0.15, 0.2) is 0 Å². The second-order valence-corrected chi connectivity index (χ2v) is 8.93. The number of rotatable bonds is 11. The highest BCUT2D eigenvalue weighted by Gasteiger charge is 2.29. The SMILES string of the molecule is CC[C@@H](C)NC(=O)[C@@H](CC)N(Cc1ccc(Cl)cc1)C(=O)CSCc1ccc(F)cc1. The fourth-order valence-electron chi connectivity index (χ4n) is 3.07. The third kappa shape index (κ3) is 8.19. The molecule has 0 bridgehead atoms. The van der Waals surface area contributed by atoms with Crippen molar-refractivity contribution >= 4 is 35.2 Å². The van der Waals surface area contributed by atoms with E-state index in [2.05, 4.69) is 5.32 Å². The Labute approximate surface area is 193 Å². The summed E-state index contributed by atoms with van der Waals surface area (Å²) in [6, 6.07) is 13.0. The molecule has 2 amide bonds. The maximum absolute atomic E-state index is 13.2. The zero-order chi connectivity index (χ0) is 22.8. The summed E-state index contributed by atoms with van der Waals surface area (Å²) in [5, 5.41) is 3.62. The minimum absolute atomic E-state index is 0.0434. The van der Waals surface area contributed by atoms with Gasteiger partial charge in [-0.25, -0.2) is 4.39 Å². The minimum Gasteiger partial charge on any atom is -0.352 e. The number of hydrogen-bond acceptors (Lipinski definition) is 3. The first-order chi connectivity index (χ1) is 14.8. The average molecular weight is 465 g/mol. The molecule has 2 atom stereocenters. The summed E-state index contributed by atoms with van der Waals surface area (Å²) in [4.78, 5) is 27.7. The summed E-state index contributed by atoms with van der Waals surface area (Å²) in [6.07, 6.45) is 1.34. The molecule has 0 fully saturated rings. The molecule has 0 heterocycles. The molecule has 31 heavy (non-hydrogen) atoms. The van der Waals surface area contributed by atoms with E-state index < -0.39 is 6.04 Å². The monoisotopic (exact) mass is 464 g/mol. The van der Waals surface area contributed by atoms with E-state index in [4.69, 9.17) is 11.6 Å². The normalized spacial score (nSPS) is 12.8. The van der Waals surface area contributed by atoms with Gasteiger partial charge in [0, 0.05) is 23.4 Å².